The molecule has 1 N–H and O–H groups in total. The summed E-state index contributed by atoms with van der Waals surface area (Å²) < 4.78 is 5.52. The topological polar surface area (TPSA) is 61.7 Å². The molecule has 0 amide bonds. The summed E-state index contributed by atoms with van der Waals surface area (Å²) in [5, 5.41) is 9.64. The molecule has 2 heterocycles. The highest BCUT2D eigenvalue weighted by molar-refractivity contribution is 5.91. The average Bonchev–Trinajstić information content (AvgIpc) is 3.15. The van der Waals surface area contributed by atoms with Crippen molar-refractivity contribution in [1.29, 1.82) is 5.26 Å². The molecule has 2 aromatic heterocycles. The SMILES string of the molecule is COc1ccccc1-c1c(C#N)cccc1-c1cnc2cc[nH]c2c1. The fourth-order valence-electron chi connectivity index (χ4n) is 3.11. The normalized spacial score (nSPS) is 10.6. The number of benzene rings is 2. The van der Waals surface area contributed by atoms with Crippen molar-refractivity contribution in [2.75, 3.05) is 7.11 Å². The first-order valence-corrected chi connectivity index (χ1v) is 7.92. The Bertz CT molecular complexity index is 1110. The van der Waals surface area contributed by atoms with Crippen LogP contribution >= 0.6 is 0 Å². The third kappa shape index (κ3) is 2.52. The Balaban J connectivity index is 2.02. The molecule has 0 saturated heterocycles. The number of nitrogens with one attached hydrogen (secondary N) is 1. The molecule has 0 saturated carbocycles. The van der Waals surface area contributed by atoms with Crippen LogP contribution in [0, 0.1) is 11.3 Å². The molecular formula is C21H15N3O. The van der Waals surface area contributed by atoms with Crippen molar-refractivity contribution in [3.8, 4) is 34.1 Å². The third-order valence-corrected chi connectivity index (χ3v) is 4.27. The minimum absolute atomic E-state index is 0.605. The van der Waals surface area contributed by atoms with Gasteiger partial charge in [-0.15, -0.1) is 0 Å². The van der Waals surface area contributed by atoms with E-state index in [1.807, 2.05) is 60.9 Å². The lowest BCUT2D eigenvalue weighted by molar-refractivity contribution is 0.416. The summed E-state index contributed by atoms with van der Waals surface area (Å²) in [7, 11) is 1.64. The number of fused-ring (bicyclic) bond motifs is 1. The van der Waals surface area contributed by atoms with Crippen molar-refractivity contribution in [1.82, 2.24) is 9.97 Å². The Morgan fingerprint density at radius 3 is 2.72 bits per heavy atom. The Labute approximate surface area is 145 Å². The maximum atomic E-state index is 9.64. The lowest BCUT2D eigenvalue weighted by atomic mass is 9.91. The van der Waals surface area contributed by atoms with Crippen molar-refractivity contribution in [3.05, 3.63) is 72.6 Å². The molecule has 0 fully saturated rings. The summed E-state index contributed by atoms with van der Waals surface area (Å²) in [6.07, 6.45) is 3.71. The van der Waals surface area contributed by atoms with Crippen LogP contribution in [0.25, 0.3) is 33.3 Å². The van der Waals surface area contributed by atoms with Crippen LogP contribution in [0.1, 0.15) is 5.56 Å². The van der Waals surface area contributed by atoms with E-state index < -0.39 is 0 Å². The fraction of sp³-hybridized carbons (Fsp3) is 0.0476. The molecule has 4 nitrogen and oxygen atoms in total. The summed E-state index contributed by atoms with van der Waals surface area (Å²) >= 11 is 0. The zero-order valence-corrected chi connectivity index (χ0v) is 13.7. The first kappa shape index (κ1) is 15.0. The van der Waals surface area contributed by atoms with Crippen LogP contribution in [0.2, 0.25) is 0 Å². The van der Waals surface area contributed by atoms with Gasteiger partial charge in [0, 0.05) is 29.1 Å². The lowest BCUT2D eigenvalue weighted by Crippen LogP contribution is -1.94. The summed E-state index contributed by atoms with van der Waals surface area (Å²) in [5.41, 5.74) is 6.14. The van der Waals surface area contributed by atoms with Crippen LogP contribution in [-0.4, -0.2) is 17.1 Å². The number of nitrogens with zero attached hydrogens (tertiary/aromatic N) is 2. The molecule has 0 aliphatic heterocycles. The van der Waals surface area contributed by atoms with Gasteiger partial charge in [0.1, 0.15) is 5.75 Å². The molecule has 4 aromatic rings. The van der Waals surface area contributed by atoms with E-state index in [2.05, 4.69) is 22.1 Å². The van der Waals surface area contributed by atoms with Gasteiger partial charge in [0.15, 0.2) is 0 Å². The minimum Gasteiger partial charge on any atom is -0.496 e. The van der Waals surface area contributed by atoms with Gasteiger partial charge < -0.3 is 9.72 Å². The van der Waals surface area contributed by atoms with Crippen molar-refractivity contribution in [3.63, 3.8) is 0 Å². The number of rotatable bonds is 3. The van der Waals surface area contributed by atoms with E-state index in [4.69, 9.17) is 4.74 Å². The van der Waals surface area contributed by atoms with Crippen LogP contribution in [0.5, 0.6) is 5.75 Å². The quantitative estimate of drug-likeness (QED) is 0.590. The molecule has 0 spiro atoms. The Morgan fingerprint density at radius 1 is 1.04 bits per heavy atom. The van der Waals surface area contributed by atoms with Gasteiger partial charge in [-0.3, -0.25) is 4.98 Å². The van der Waals surface area contributed by atoms with E-state index in [0.29, 0.717) is 5.56 Å². The number of hydrogen-bond donors (Lipinski definition) is 1. The number of aromatic amines is 1. The average molecular weight is 325 g/mol. The van der Waals surface area contributed by atoms with Crippen LogP contribution in [0.15, 0.2) is 67.0 Å². The predicted octanol–water partition coefficient (Wildman–Crippen LogP) is 4.78. The van der Waals surface area contributed by atoms with Crippen molar-refractivity contribution < 1.29 is 4.74 Å². The zero-order valence-electron chi connectivity index (χ0n) is 13.7. The molecule has 0 aliphatic rings. The van der Waals surface area contributed by atoms with E-state index in [0.717, 1.165) is 39.0 Å². The van der Waals surface area contributed by atoms with Gasteiger partial charge in [-0.2, -0.15) is 5.26 Å². The maximum Gasteiger partial charge on any atom is 0.126 e. The van der Waals surface area contributed by atoms with Crippen LogP contribution < -0.4 is 4.74 Å². The van der Waals surface area contributed by atoms with Gasteiger partial charge >= 0.3 is 0 Å². The molecule has 4 rings (SSSR count). The van der Waals surface area contributed by atoms with Gasteiger partial charge in [-0.05, 0) is 29.8 Å². The smallest absolute Gasteiger partial charge is 0.126 e. The zero-order chi connectivity index (χ0) is 17.2. The van der Waals surface area contributed by atoms with E-state index in [1.165, 1.54) is 0 Å². The van der Waals surface area contributed by atoms with E-state index >= 15 is 0 Å². The maximum absolute atomic E-state index is 9.64. The Hall–Kier alpha value is -3.58. The summed E-state index contributed by atoms with van der Waals surface area (Å²) in [5.74, 6) is 0.736. The monoisotopic (exact) mass is 325 g/mol. The molecular weight excluding hydrogens is 310 g/mol. The van der Waals surface area contributed by atoms with Gasteiger partial charge in [0.05, 0.1) is 29.8 Å². The standard InChI is InChI=1S/C21H15N3O/c1-25-20-8-3-2-6-17(20)21-14(12-22)5-4-7-16(21)15-11-19-18(24-13-15)9-10-23-19/h2-11,13,23H,1H3. The van der Waals surface area contributed by atoms with Gasteiger partial charge in [-0.1, -0.05) is 30.3 Å². The van der Waals surface area contributed by atoms with Crippen LogP contribution in [0.3, 0.4) is 0 Å². The molecule has 0 bridgehead atoms. The van der Waals surface area contributed by atoms with Crippen molar-refractivity contribution in [2.45, 2.75) is 0 Å². The van der Waals surface area contributed by atoms with Crippen LogP contribution in [0.4, 0.5) is 0 Å². The number of methoxy groups -OCH3 is 1. The molecule has 0 atom stereocenters. The number of ether oxygens (including phenoxy) is 1. The van der Waals surface area contributed by atoms with Gasteiger partial charge in [0.25, 0.3) is 0 Å². The molecule has 0 radical (unpaired) electrons. The molecule has 0 unspecified atom stereocenters. The highest BCUT2D eigenvalue weighted by Crippen LogP contribution is 2.39. The molecule has 120 valence electrons. The van der Waals surface area contributed by atoms with Crippen molar-refractivity contribution in [2.24, 2.45) is 0 Å². The van der Waals surface area contributed by atoms with Gasteiger partial charge in [-0.25, -0.2) is 0 Å². The molecule has 25 heavy (non-hydrogen) atoms. The molecule has 0 aliphatic carbocycles. The van der Waals surface area contributed by atoms with Gasteiger partial charge in [0.2, 0.25) is 0 Å². The number of H-pyrrole nitrogens is 1. The highest BCUT2D eigenvalue weighted by Gasteiger charge is 2.16. The summed E-state index contributed by atoms with van der Waals surface area (Å²) in [6, 6.07) is 19.8. The minimum atomic E-state index is 0.605. The second kappa shape index (κ2) is 6.14. The first-order valence-electron chi connectivity index (χ1n) is 7.92. The Morgan fingerprint density at radius 2 is 1.88 bits per heavy atom. The van der Waals surface area contributed by atoms with E-state index in [-0.39, 0.29) is 0 Å². The fourth-order valence-corrected chi connectivity index (χ4v) is 3.11. The first-order chi connectivity index (χ1) is 12.3. The number of aromatic nitrogens is 2. The highest BCUT2D eigenvalue weighted by atomic mass is 16.5. The third-order valence-electron chi connectivity index (χ3n) is 4.27. The number of para-hydroxylation sites is 1. The second-order valence-electron chi connectivity index (χ2n) is 5.67. The van der Waals surface area contributed by atoms with E-state index in [1.54, 1.807) is 7.11 Å². The number of hydrogen-bond acceptors (Lipinski definition) is 3. The lowest BCUT2D eigenvalue weighted by Gasteiger charge is -2.15. The summed E-state index contributed by atoms with van der Waals surface area (Å²) in [6.45, 7) is 0. The van der Waals surface area contributed by atoms with Crippen molar-refractivity contribution >= 4 is 11.0 Å². The predicted molar refractivity (Wildman–Crippen MR) is 98.2 cm³/mol. The van der Waals surface area contributed by atoms with Crippen LogP contribution in [-0.2, 0) is 0 Å². The largest absolute Gasteiger partial charge is 0.496 e. The Kier molecular flexibility index (Phi) is 3.68. The summed E-state index contributed by atoms with van der Waals surface area (Å²) in [4.78, 5) is 7.69. The molecule has 2 aromatic carbocycles. The number of nitriles is 1. The number of pyridine rings is 1. The molecule has 4 heteroatoms. The van der Waals surface area contributed by atoms with E-state index in [9.17, 15) is 5.26 Å². The second-order valence-corrected chi connectivity index (χ2v) is 5.67.